The highest BCUT2D eigenvalue weighted by Crippen LogP contribution is 2.19. The van der Waals surface area contributed by atoms with Gasteiger partial charge in [-0.1, -0.05) is 6.08 Å². The summed E-state index contributed by atoms with van der Waals surface area (Å²) >= 11 is 0. The first-order valence-electron chi connectivity index (χ1n) is 4.43. The van der Waals surface area contributed by atoms with Crippen molar-refractivity contribution in [3.05, 3.63) is 24.0 Å². The number of ketones is 1. The van der Waals surface area contributed by atoms with Crippen LogP contribution in [0.3, 0.4) is 0 Å². The zero-order chi connectivity index (χ0) is 9.84. The van der Waals surface area contributed by atoms with Crippen molar-refractivity contribution >= 4 is 5.78 Å². The molecule has 0 radical (unpaired) electrons. The topological polar surface area (TPSA) is 63.3 Å². The molecule has 2 atom stereocenters. The second-order valence-electron chi connectivity index (χ2n) is 3.44. The van der Waals surface area contributed by atoms with E-state index in [2.05, 4.69) is 0 Å². The lowest BCUT2D eigenvalue weighted by atomic mass is 9.92. The van der Waals surface area contributed by atoms with Gasteiger partial charge in [0.15, 0.2) is 0 Å². The third kappa shape index (κ3) is 3.03. The molecule has 0 aromatic carbocycles. The Morgan fingerprint density at radius 1 is 1.85 bits per heavy atom. The number of carbonyl (C=O) groups excluding carboxylic acids is 1. The van der Waals surface area contributed by atoms with Gasteiger partial charge < -0.3 is 10.8 Å². The van der Waals surface area contributed by atoms with Crippen molar-refractivity contribution in [1.29, 1.82) is 0 Å². The summed E-state index contributed by atoms with van der Waals surface area (Å²) in [5.41, 5.74) is 5.62. The van der Waals surface area contributed by atoms with Gasteiger partial charge in [0.2, 0.25) is 0 Å². The first-order valence-corrected chi connectivity index (χ1v) is 4.43. The summed E-state index contributed by atoms with van der Waals surface area (Å²) in [6.45, 7) is 1.50. The Kier molecular flexibility index (Phi) is 3.25. The van der Waals surface area contributed by atoms with Crippen molar-refractivity contribution in [2.75, 3.05) is 0 Å². The van der Waals surface area contributed by atoms with Crippen molar-refractivity contribution in [3.63, 3.8) is 0 Å². The second-order valence-corrected chi connectivity index (χ2v) is 3.44. The number of aliphatic hydroxyl groups excluding tert-OH is 1. The van der Waals surface area contributed by atoms with E-state index in [1.165, 1.54) is 6.92 Å². The van der Waals surface area contributed by atoms with E-state index in [4.69, 9.17) is 10.8 Å². The Balaban J connectivity index is 2.41. The lowest BCUT2D eigenvalue weighted by molar-refractivity contribution is -0.118. The van der Waals surface area contributed by atoms with E-state index in [0.29, 0.717) is 12.2 Å². The Hall–Kier alpha value is -1.09. The highest BCUT2D eigenvalue weighted by Gasteiger charge is 2.15. The average molecular weight is 181 g/mol. The molecule has 3 heteroatoms. The summed E-state index contributed by atoms with van der Waals surface area (Å²) in [5, 5.41) is 9.05. The maximum Gasteiger partial charge on any atom is 0.146 e. The van der Waals surface area contributed by atoms with E-state index in [9.17, 15) is 4.79 Å². The van der Waals surface area contributed by atoms with Gasteiger partial charge >= 0.3 is 0 Å². The number of rotatable bonds is 3. The number of allylic oxidation sites excluding steroid dienone is 3. The van der Waals surface area contributed by atoms with Gasteiger partial charge in [-0.2, -0.15) is 0 Å². The monoisotopic (exact) mass is 181 g/mol. The molecule has 0 aliphatic heterocycles. The van der Waals surface area contributed by atoms with Crippen LogP contribution in [0.2, 0.25) is 0 Å². The standard InChI is InChI=1S/C10H15NO2/c1-7(12)10(11)6-8-2-4-9(13)5-3-8/h2,4-5,8,10,13H,3,6,11H2,1H3/t8?,10-/m0/s1. The molecule has 0 fully saturated rings. The van der Waals surface area contributed by atoms with E-state index in [1.54, 1.807) is 12.2 Å². The zero-order valence-corrected chi connectivity index (χ0v) is 7.73. The van der Waals surface area contributed by atoms with Gasteiger partial charge in [0.25, 0.3) is 0 Å². The van der Waals surface area contributed by atoms with Gasteiger partial charge in [-0.15, -0.1) is 0 Å². The van der Waals surface area contributed by atoms with Gasteiger partial charge in [0.05, 0.1) is 6.04 Å². The third-order valence-corrected chi connectivity index (χ3v) is 2.25. The molecule has 0 spiro atoms. The van der Waals surface area contributed by atoms with Crippen LogP contribution in [0.25, 0.3) is 0 Å². The van der Waals surface area contributed by atoms with Crippen molar-refractivity contribution < 1.29 is 9.90 Å². The van der Waals surface area contributed by atoms with Crippen molar-refractivity contribution in [2.45, 2.75) is 25.8 Å². The SMILES string of the molecule is CC(=O)[C@@H](N)CC1C=CC(O)=CC1. The van der Waals surface area contributed by atoms with E-state index < -0.39 is 0 Å². The average Bonchev–Trinajstić information content (AvgIpc) is 2.08. The summed E-state index contributed by atoms with van der Waals surface area (Å²) in [5.74, 6) is 0.606. The summed E-state index contributed by atoms with van der Waals surface area (Å²) in [6, 6.07) is -0.372. The zero-order valence-electron chi connectivity index (χ0n) is 7.73. The number of carbonyl (C=O) groups is 1. The first kappa shape index (κ1) is 9.99. The molecule has 72 valence electrons. The third-order valence-electron chi connectivity index (χ3n) is 2.25. The molecule has 0 saturated heterocycles. The van der Waals surface area contributed by atoms with Crippen LogP contribution in [0, 0.1) is 5.92 Å². The van der Waals surface area contributed by atoms with Gasteiger partial charge in [-0.05, 0) is 37.8 Å². The maximum atomic E-state index is 10.9. The smallest absolute Gasteiger partial charge is 0.146 e. The number of aliphatic hydroxyl groups is 1. The molecule has 0 saturated carbocycles. The fraction of sp³-hybridized carbons (Fsp3) is 0.500. The predicted molar refractivity (Wildman–Crippen MR) is 51.2 cm³/mol. The van der Waals surface area contributed by atoms with Crippen molar-refractivity contribution in [2.24, 2.45) is 11.7 Å². The van der Waals surface area contributed by atoms with Gasteiger partial charge in [0.1, 0.15) is 11.5 Å². The molecule has 0 aromatic heterocycles. The summed E-state index contributed by atoms with van der Waals surface area (Å²) < 4.78 is 0. The molecule has 3 N–H and O–H groups in total. The number of hydrogen-bond acceptors (Lipinski definition) is 3. The van der Waals surface area contributed by atoms with E-state index >= 15 is 0 Å². The van der Waals surface area contributed by atoms with Crippen LogP contribution in [0.15, 0.2) is 24.0 Å². The quantitative estimate of drug-likeness (QED) is 0.690. The Morgan fingerprint density at radius 3 is 3.00 bits per heavy atom. The normalized spacial score (nSPS) is 23.8. The van der Waals surface area contributed by atoms with Crippen LogP contribution in [0.5, 0.6) is 0 Å². The molecule has 0 amide bonds. The van der Waals surface area contributed by atoms with Crippen LogP contribution in [0.1, 0.15) is 19.8 Å². The summed E-state index contributed by atoms with van der Waals surface area (Å²) in [6.07, 6.45) is 6.73. The summed E-state index contributed by atoms with van der Waals surface area (Å²) in [7, 11) is 0. The van der Waals surface area contributed by atoms with E-state index in [0.717, 1.165) is 6.42 Å². The Morgan fingerprint density at radius 2 is 2.54 bits per heavy atom. The van der Waals surface area contributed by atoms with Crippen LogP contribution in [0.4, 0.5) is 0 Å². The fourth-order valence-corrected chi connectivity index (χ4v) is 1.32. The van der Waals surface area contributed by atoms with Crippen LogP contribution in [-0.4, -0.2) is 16.9 Å². The molecular formula is C10H15NO2. The van der Waals surface area contributed by atoms with E-state index in [1.807, 2.05) is 6.08 Å². The molecule has 1 aliphatic carbocycles. The van der Waals surface area contributed by atoms with Gasteiger partial charge in [-0.25, -0.2) is 0 Å². The molecule has 1 rings (SSSR count). The lowest BCUT2D eigenvalue weighted by Crippen LogP contribution is -2.30. The number of nitrogens with two attached hydrogens (primary N) is 1. The van der Waals surface area contributed by atoms with Crippen molar-refractivity contribution in [1.82, 2.24) is 0 Å². The number of hydrogen-bond donors (Lipinski definition) is 2. The van der Waals surface area contributed by atoms with Gasteiger partial charge in [0, 0.05) is 0 Å². The largest absolute Gasteiger partial charge is 0.508 e. The maximum absolute atomic E-state index is 10.9. The van der Waals surface area contributed by atoms with Crippen molar-refractivity contribution in [3.8, 4) is 0 Å². The molecule has 1 unspecified atom stereocenters. The minimum absolute atomic E-state index is 0.0205. The molecule has 3 nitrogen and oxygen atoms in total. The first-order chi connectivity index (χ1) is 6.09. The second kappa shape index (κ2) is 4.23. The molecule has 0 aromatic rings. The minimum Gasteiger partial charge on any atom is -0.508 e. The molecule has 1 aliphatic rings. The predicted octanol–water partition coefficient (Wildman–Crippen LogP) is 1.31. The molecule has 13 heavy (non-hydrogen) atoms. The van der Waals surface area contributed by atoms with Crippen LogP contribution < -0.4 is 5.73 Å². The number of Topliss-reactive ketones (excluding diaryl/α,β-unsaturated/α-hetero) is 1. The molecule has 0 bridgehead atoms. The lowest BCUT2D eigenvalue weighted by Gasteiger charge is -2.16. The fourth-order valence-electron chi connectivity index (χ4n) is 1.32. The molecular weight excluding hydrogens is 166 g/mol. The summed E-state index contributed by atoms with van der Waals surface area (Å²) in [4.78, 5) is 10.9. The van der Waals surface area contributed by atoms with Gasteiger partial charge in [-0.3, -0.25) is 4.79 Å². The highest BCUT2D eigenvalue weighted by atomic mass is 16.3. The Labute approximate surface area is 77.9 Å². The molecule has 0 heterocycles. The Bertz CT molecular complexity index is 256. The minimum atomic E-state index is -0.372. The van der Waals surface area contributed by atoms with Crippen LogP contribution in [-0.2, 0) is 4.79 Å². The van der Waals surface area contributed by atoms with Crippen LogP contribution >= 0.6 is 0 Å². The van der Waals surface area contributed by atoms with E-state index in [-0.39, 0.29) is 17.7 Å². The highest BCUT2D eigenvalue weighted by molar-refractivity contribution is 5.81.